The highest BCUT2D eigenvalue weighted by Gasteiger charge is 2.15. The summed E-state index contributed by atoms with van der Waals surface area (Å²) >= 11 is 3.03. The molecule has 0 aliphatic rings. The lowest BCUT2D eigenvalue weighted by Gasteiger charge is -2.06. The average molecular weight is 409 g/mol. The molecule has 10 heteroatoms. The van der Waals surface area contributed by atoms with E-state index in [-0.39, 0.29) is 11.4 Å². The Morgan fingerprint density at radius 3 is 2.69 bits per heavy atom. The summed E-state index contributed by atoms with van der Waals surface area (Å²) in [5.41, 5.74) is 0.877. The van der Waals surface area contributed by atoms with E-state index in [1.807, 2.05) is 22.9 Å². The molecule has 0 aliphatic carbocycles. The second-order valence-electron chi connectivity index (χ2n) is 5.44. The number of hydrogen-bond acceptors (Lipinski definition) is 6. The molecular weight excluding hydrogens is 395 g/mol. The zero-order valence-corrected chi connectivity index (χ0v) is 15.7. The minimum atomic E-state index is -3.67. The lowest BCUT2D eigenvalue weighted by Crippen LogP contribution is -2.26. The van der Waals surface area contributed by atoms with Crippen molar-refractivity contribution in [1.82, 2.24) is 19.3 Å². The van der Waals surface area contributed by atoms with Gasteiger partial charge < -0.3 is 0 Å². The number of fused-ring (bicyclic) bond motifs is 1. The largest absolute Gasteiger partial charge is 0.240 e. The Kier molecular flexibility index (Phi) is 4.57. The monoisotopic (exact) mass is 408 g/mol. The van der Waals surface area contributed by atoms with Crippen molar-refractivity contribution in [1.29, 1.82) is 0 Å². The molecule has 0 saturated heterocycles. The number of halogens is 1. The van der Waals surface area contributed by atoms with Crippen LogP contribution in [0.1, 0.15) is 5.69 Å². The summed E-state index contributed by atoms with van der Waals surface area (Å²) in [4.78, 5) is 6.29. The lowest BCUT2D eigenvalue weighted by atomic mass is 10.3. The van der Waals surface area contributed by atoms with Gasteiger partial charge in [0.25, 0.3) is 0 Å². The van der Waals surface area contributed by atoms with Crippen LogP contribution in [0.25, 0.3) is 15.7 Å². The summed E-state index contributed by atoms with van der Waals surface area (Å²) < 4.78 is 41.7. The van der Waals surface area contributed by atoms with Gasteiger partial charge in [0.1, 0.15) is 5.82 Å². The van der Waals surface area contributed by atoms with E-state index in [9.17, 15) is 12.8 Å². The molecule has 1 N–H and O–H groups in total. The molecule has 0 aliphatic heterocycles. The highest BCUT2D eigenvalue weighted by Crippen LogP contribution is 2.24. The zero-order valence-electron chi connectivity index (χ0n) is 13.3. The molecule has 0 radical (unpaired) electrons. The summed E-state index contributed by atoms with van der Waals surface area (Å²) in [6, 6.07) is 8.63. The van der Waals surface area contributed by atoms with Crippen molar-refractivity contribution >= 4 is 37.7 Å². The van der Waals surface area contributed by atoms with Crippen LogP contribution in [0.15, 0.2) is 52.1 Å². The number of thiazole rings is 1. The third-order valence-electron chi connectivity index (χ3n) is 3.69. The fourth-order valence-electron chi connectivity index (χ4n) is 2.42. The Hall–Kier alpha value is -2.14. The third kappa shape index (κ3) is 3.40. The van der Waals surface area contributed by atoms with Crippen LogP contribution in [0.5, 0.6) is 0 Å². The lowest BCUT2D eigenvalue weighted by molar-refractivity contribution is 0.580. The number of thiophene rings is 1. The maximum Gasteiger partial charge on any atom is 0.240 e. The molecule has 0 bridgehead atoms. The van der Waals surface area contributed by atoms with E-state index in [0.717, 1.165) is 27.7 Å². The number of nitrogens with zero attached hydrogens (tertiary/aromatic N) is 3. The van der Waals surface area contributed by atoms with E-state index in [1.165, 1.54) is 23.5 Å². The quantitative estimate of drug-likeness (QED) is 0.532. The van der Waals surface area contributed by atoms with Gasteiger partial charge in [0, 0.05) is 18.3 Å². The molecule has 26 heavy (non-hydrogen) atoms. The predicted octanol–water partition coefficient (Wildman–Crippen LogP) is 3.18. The molecule has 0 spiro atoms. The van der Waals surface area contributed by atoms with Gasteiger partial charge in [-0.15, -0.1) is 27.8 Å². The van der Waals surface area contributed by atoms with Gasteiger partial charge in [-0.05, 0) is 35.7 Å². The molecule has 134 valence electrons. The first-order chi connectivity index (χ1) is 12.5. The molecule has 0 amide bonds. The first kappa shape index (κ1) is 17.3. The topological polar surface area (TPSA) is 76.4 Å². The smallest absolute Gasteiger partial charge is 0.211 e. The summed E-state index contributed by atoms with van der Waals surface area (Å²) in [5, 5.41) is 8.39. The maximum absolute atomic E-state index is 12.9. The van der Waals surface area contributed by atoms with Crippen molar-refractivity contribution in [3.63, 3.8) is 0 Å². The van der Waals surface area contributed by atoms with Crippen molar-refractivity contribution in [2.45, 2.75) is 11.3 Å². The summed E-state index contributed by atoms with van der Waals surface area (Å²) in [7, 11) is -3.67. The van der Waals surface area contributed by atoms with Crippen LogP contribution in [0.3, 0.4) is 0 Å². The van der Waals surface area contributed by atoms with E-state index in [0.29, 0.717) is 12.2 Å². The highest BCUT2D eigenvalue weighted by atomic mass is 32.2. The summed E-state index contributed by atoms with van der Waals surface area (Å²) in [6.45, 7) is 0.208. The summed E-state index contributed by atoms with van der Waals surface area (Å²) in [6.07, 6.45) is 0.466. The summed E-state index contributed by atoms with van der Waals surface area (Å²) in [5.74, 6) is 0.192. The number of sulfonamides is 1. The van der Waals surface area contributed by atoms with Gasteiger partial charge in [0.05, 0.1) is 15.5 Å². The van der Waals surface area contributed by atoms with E-state index >= 15 is 0 Å². The molecule has 1 aromatic carbocycles. The molecule has 0 fully saturated rings. The average Bonchev–Trinajstić information content (AvgIpc) is 3.32. The normalized spacial score (nSPS) is 12.0. The van der Waals surface area contributed by atoms with Crippen molar-refractivity contribution in [2.24, 2.45) is 0 Å². The van der Waals surface area contributed by atoms with Gasteiger partial charge in [-0.3, -0.25) is 0 Å². The highest BCUT2D eigenvalue weighted by molar-refractivity contribution is 7.89. The van der Waals surface area contributed by atoms with Gasteiger partial charge in [-0.25, -0.2) is 22.0 Å². The van der Waals surface area contributed by atoms with Crippen molar-refractivity contribution in [3.8, 4) is 10.7 Å². The molecule has 6 nitrogen and oxygen atoms in total. The third-order valence-corrected chi connectivity index (χ3v) is 6.90. The van der Waals surface area contributed by atoms with Gasteiger partial charge in [0.2, 0.25) is 15.0 Å². The molecule has 4 aromatic rings. The van der Waals surface area contributed by atoms with Crippen molar-refractivity contribution in [3.05, 3.63) is 58.7 Å². The first-order valence-electron chi connectivity index (χ1n) is 7.65. The Balaban J connectivity index is 1.47. The predicted molar refractivity (Wildman–Crippen MR) is 99.5 cm³/mol. The molecule has 3 aromatic heterocycles. The van der Waals surface area contributed by atoms with E-state index in [1.54, 1.807) is 15.9 Å². The van der Waals surface area contributed by atoms with Crippen LogP contribution >= 0.6 is 22.7 Å². The molecule has 3 heterocycles. The molecule has 0 atom stereocenters. The number of hydrogen-bond donors (Lipinski definition) is 1. The van der Waals surface area contributed by atoms with E-state index < -0.39 is 15.8 Å². The fourth-order valence-corrected chi connectivity index (χ4v) is 4.96. The van der Waals surface area contributed by atoms with Crippen LogP contribution in [0, 0.1) is 5.82 Å². The second-order valence-corrected chi connectivity index (χ2v) is 8.99. The second kappa shape index (κ2) is 6.88. The Labute approximate surface area is 157 Å². The molecule has 0 saturated carbocycles. The van der Waals surface area contributed by atoms with E-state index in [2.05, 4.69) is 14.8 Å². The van der Waals surface area contributed by atoms with Gasteiger partial charge in [-0.2, -0.15) is 4.98 Å². The Morgan fingerprint density at radius 2 is 1.96 bits per heavy atom. The maximum atomic E-state index is 12.9. The molecule has 0 unspecified atom stereocenters. The number of rotatable bonds is 6. The van der Waals surface area contributed by atoms with Gasteiger partial charge in [0.15, 0.2) is 5.82 Å². The minimum Gasteiger partial charge on any atom is -0.211 e. The minimum absolute atomic E-state index is 0.0371. The van der Waals surface area contributed by atoms with Crippen LogP contribution in [-0.2, 0) is 16.4 Å². The molecular formula is C16H13FN4O2S3. The number of benzene rings is 1. The SMILES string of the molecule is O=S(=O)(NCCc1csc2nc(-c3cccs3)nn12)c1ccc(F)cc1. The van der Waals surface area contributed by atoms with Crippen LogP contribution in [-0.4, -0.2) is 29.6 Å². The number of aromatic nitrogens is 3. The Morgan fingerprint density at radius 1 is 1.15 bits per heavy atom. The van der Waals surface area contributed by atoms with Crippen LogP contribution in [0.4, 0.5) is 4.39 Å². The number of nitrogens with one attached hydrogen (secondary N) is 1. The van der Waals surface area contributed by atoms with Crippen LogP contribution < -0.4 is 4.72 Å². The first-order valence-corrected chi connectivity index (χ1v) is 10.9. The van der Waals surface area contributed by atoms with Gasteiger partial charge in [-0.1, -0.05) is 6.07 Å². The fraction of sp³-hybridized carbons (Fsp3) is 0.125. The Bertz CT molecular complexity index is 1130. The van der Waals surface area contributed by atoms with E-state index in [4.69, 9.17) is 0 Å². The standard InChI is InChI=1S/C16H13FN4O2S3/c17-11-3-5-13(6-4-11)26(22,23)18-8-7-12-10-25-16-19-15(20-21(12)16)14-2-1-9-24-14/h1-6,9-10,18H,7-8H2. The van der Waals surface area contributed by atoms with Crippen LogP contribution in [0.2, 0.25) is 0 Å². The van der Waals surface area contributed by atoms with Crippen molar-refractivity contribution < 1.29 is 12.8 Å². The van der Waals surface area contributed by atoms with Crippen molar-refractivity contribution in [2.75, 3.05) is 6.54 Å². The molecule has 4 rings (SSSR count). The van der Waals surface area contributed by atoms with Gasteiger partial charge >= 0.3 is 0 Å². The zero-order chi connectivity index (χ0) is 18.1.